The lowest BCUT2D eigenvalue weighted by molar-refractivity contribution is -0.384. The molecule has 0 aliphatic carbocycles. The van der Waals surface area contributed by atoms with Crippen molar-refractivity contribution in [3.05, 3.63) is 73.8 Å². The molecule has 0 heterocycles. The normalized spacial score (nSPS) is 10.2. The van der Waals surface area contributed by atoms with Crippen LogP contribution >= 0.6 is 23.2 Å². The number of nitrogens with one attached hydrogen (secondary N) is 1. The molecule has 0 atom stereocenters. The van der Waals surface area contributed by atoms with Gasteiger partial charge >= 0.3 is 0 Å². The van der Waals surface area contributed by atoms with E-state index in [0.717, 1.165) is 11.6 Å². The molecule has 1 N–H and O–H groups in total. The molecule has 7 heteroatoms. The fraction of sp³-hybridized carbons (Fsp3) is 0.0714. The van der Waals surface area contributed by atoms with Gasteiger partial charge in [0.15, 0.2) is 0 Å². The SMILES string of the molecule is O=C(NCc1cccc(Cl)c1)c1cc([N+](=O)[O-])ccc1Cl. The van der Waals surface area contributed by atoms with E-state index in [1.165, 1.54) is 12.1 Å². The van der Waals surface area contributed by atoms with E-state index in [4.69, 9.17) is 23.2 Å². The van der Waals surface area contributed by atoms with Crippen molar-refractivity contribution in [1.82, 2.24) is 5.32 Å². The van der Waals surface area contributed by atoms with Crippen LogP contribution < -0.4 is 5.32 Å². The Morgan fingerprint density at radius 2 is 1.95 bits per heavy atom. The summed E-state index contributed by atoms with van der Waals surface area (Å²) in [6.45, 7) is 0.248. The molecule has 2 aromatic carbocycles. The predicted octanol–water partition coefficient (Wildman–Crippen LogP) is 3.83. The van der Waals surface area contributed by atoms with E-state index in [9.17, 15) is 14.9 Å². The van der Waals surface area contributed by atoms with Crippen molar-refractivity contribution in [3.63, 3.8) is 0 Å². The van der Waals surface area contributed by atoms with Gasteiger partial charge in [-0.25, -0.2) is 0 Å². The molecular formula is C14H10Cl2N2O3. The molecule has 0 saturated heterocycles. The van der Waals surface area contributed by atoms with Gasteiger partial charge in [0.1, 0.15) is 0 Å². The van der Waals surface area contributed by atoms with Crippen molar-refractivity contribution in [2.75, 3.05) is 0 Å². The van der Waals surface area contributed by atoms with Crippen LogP contribution in [0.5, 0.6) is 0 Å². The van der Waals surface area contributed by atoms with Gasteiger partial charge in [-0.15, -0.1) is 0 Å². The summed E-state index contributed by atoms with van der Waals surface area (Å²) < 4.78 is 0. The zero-order valence-electron chi connectivity index (χ0n) is 10.7. The first-order chi connectivity index (χ1) is 9.97. The van der Waals surface area contributed by atoms with Gasteiger partial charge in [0.05, 0.1) is 15.5 Å². The van der Waals surface area contributed by atoms with Crippen molar-refractivity contribution in [3.8, 4) is 0 Å². The van der Waals surface area contributed by atoms with Gasteiger partial charge in [0, 0.05) is 23.7 Å². The largest absolute Gasteiger partial charge is 0.348 e. The number of hydrogen-bond acceptors (Lipinski definition) is 3. The van der Waals surface area contributed by atoms with Gasteiger partial charge in [-0.2, -0.15) is 0 Å². The van der Waals surface area contributed by atoms with Crippen LogP contribution in [0.2, 0.25) is 10.0 Å². The Bertz CT molecular complexity index is 704. The summed E-state index contributed by atoms with van der Waals surface area (Å²) in [7, 11) is 0. The van der Waals surface area contributed by atoms with Crippen LogP contribution in [0.3, 0.4) is 0 Å². The monoisotopic (exact) mass is 324 g/mol. The molecule has 5 nitrogen and oxygen atoms in total. The molecule has 0 saturated carbocycles. The number of amides is 1. The minimum atomic E-state index is -0.579. The molecule has 1 amide bonds. The molecule has 0 spiro atoms. The van der Waals surface area contributed by atoms with Crippen LogP contribution in [-0.2, 0) is 6.54 Å². The summed E-state index contributed by atoms with van der Waals surface area (Å²) >= 11 is 11.7. The lowest BCUT2D eigenvalue weighted by atomic mass is 10.1. The summed E-state index contributed by atoms with van der Waals surface area (Å²) in [4.78, 5) is 22.2. The third-order valence-corrected chi connectivity index (χ3v) is 3.31. The molecule has 21 heavy (non-hydrogen) atoms. The number of carbonyl (C=O) groups is 1. The second-order valence-corrected chi connectivity index (χ2v) is 5.08. The summed E-state index contributed by atoms with van der Waals surface area (Å²) in [5.41, 5.74) is 0.692. The number of nitro groups is 1. The van der Waals surface area contributed by atoms with Crippen molar-refractivity contribution < 1.29 is 9.72 Å². The third-order valence-electron chi connectivity index (χ3n) is 2.75. The number of benzene rings is 2. The predicted molar refractivity (Wildman–Crippen MR) is 80.7 cm³/mol. The van der Waals surface area contributed by atoms with Crippen LogP contribution in [0.15, 0.2) is 42.5 Å². The standard InChI is InChI=1S/C14H10Cl2N2O3/c15-10-3-1-2-9(6-10)8-17-14(19)12-7-11(18(20)21)4-5-13(12)16/h1-7H,8H2,(H,17,19). The number of non-ortho nitro benzene ring substituents is 1. The van der Waals surface area contributed by atoms with Gasteiger partial charge in [0.25, 0.3) is 11.6 Å². The Hall–Kier alpha value is -2.11. The average molecular weight is 325 g/mol. The maximum absolute atomic E-state index is 12.0. The molecular weight excluding hydrogens is 315 g/mol. The highest BCUT2D eigenvalue weighted by molar-refractivity contribution is 6.34. The molecule has 0 radical (unpaired) electrons. The topological polar surface area (TPSA) is 72.2 Å². The average Bonchev–Trinajstić information content (AvgIpc) is 2.45. The highest BCUT2D eigenvalue weighted by Gasteiger charge is 2.15. The molecule has 0 unspecified atom stereocenters. The van der Waals surface area contributed by atoms with Crippen molar-refractivity contribution >= 4 is 34.8 Å². The Kier molecular flexibility index (Phi) is 4.77. The van der Waals surface area contributed by atoms with E-state index in [-0.39, 0.29) is 22.8 Å². The lowest BCUT2D eigenvalue weighted by Gasteiger charge is -2.07. The number of nitro benzene ring substituents is 1. The molecule has 0 aromatic heterocycles. The first-order valence-corrected chi connectivity index (χ1v) is 6.69. The minimum Gasteiger partial charge on any atom is -0.348 e. The highest BCUT2D eigenvalue weighted by atomic mass is 35.5. The van der Waals surface area contributed by atoms with Crippen molar-refractivity contribution in [1.29, 1.82) is 0 Å². The summed E-state index contributed by atoms with van der Waals surface area (Å²) in [5, 5.41) is 14.1. The Balaban J connectivity index is 2.13. The van der Waals surface area contributed by atoms with Gasteiger partial charge in [0.2, 0.25) is 0 Å². The molecule has 0 fully saturated rings. The zero-order chi connectivity index (χ0) is 15.4. The van der Waals surface area contributed by atoms with Crippen LogP contribution in [0.25, 0.3) is 0 Å². The molecule has 0 aliphatic heterocycles. The molecule has 108 valence electrons. The third kappa shape index (κ3) is 3.93. The fourth-order valence-corrected chi connectivity index (χ4v) is 2.14. The molecule has 2 aromatic rings. The van der Waals surface area contributed by atoms with Gasteiger partial charge in [-0.05, 0) is 23.8 Å². The molecule has 0 bridgehead atoms. The second-order valence-electron chi connectivity index (χ2n) is 4.23. The maximum Gasteiger partial charge on any atom is 0.270 e. The quantitative estimate of drug-likeness (QED) is 0.686. The van der Waals surface area contributed by atoms with E-state index in [1.807, 2.05) is 0 Å². The smallest absolute Gasteiger partial charge is 0.270 e. The number of rotatable bonds is 4. The van der Waals surface area contributed by atoms with E-state index < -0.39 is 10.8 Å². The van der Waals surface area contributed by atoms with Crippen LogP contribution in [-0.4, -0.2) is 10.8 Å². The lowest BCUT2D eigenvalue weighted by Crippen LogP contribution is -2.23. The number of hydrogen-bond donors (Lipinski definition) is 1. The second kappa shape index (κ2) is 6.56. The van der Waals surface area contributed by atoms with E-state index in [0.29, 0.717) is 5.02 Å². The Morgan fingerprint density at radius 1 is 1.19 bits per heavy atom. The summed E-state index contributed by atoms with van der Waals surface area (Å²) in [5.74, 6) is -0.483. The van der Waals surface area contributed by atoms with Crippen LogP contribution in [0.1, 0.15) is 15.9 Å². The maximum atomic E-state index is 12.0. The van der Waals surface area contributed by atoms with Crippen molar-refractivity contribution in [2.24, 2.45) is 0 Å². The summed E-state index contributed by atoms with van der Waals surface area (Å²) in [6, 6.07) is 10.7. The zero-order valence-corrected chi connectivity index (χ0v) is 12.2. The Labute approximate surface area is 130 Å². The van der Waals surface area contributed by atoms with E-state index in [2.05, 4.69) is 5.32 Å². The molecule has 0 aliphatic rings. The van der Waals surface area contributed by atoms with Crippen molar-refractivity contribution in [2.45, 2.75) is 6.54 Å². The Morgan fingerprint density at radius 3 is 2.62 bits per heavy atom. The van der Waals surface area contributed by atoms with Gasteiger partial charge < -0.3 is 5.32 Å². The number of carbonyl (C=O) groups excluding carboxylic acids is 1. The number of nitrogens with zero attached hydrogens (tertiary/aromatic N) is 1. The van der Waals surface area contributed by atoms with E-state index in [1.54, 1.807) is 24.3 Å². The van der Waals surface area contributed by atoms with Gasteiger partial charge in [-0.3, -0.25) is 14.9 Å². The minimum absolute atomic E-state index is 0.0629. The fourth-order valence-electron chi connectivity index (χ4n) is 1.73. The van der Waals surface area contributed by atoms with Crippen LogP contribution in [0.4, 0.5) is 5.69 Å². The van der Waals surface area contributed by atoms with Gasteiger partial charge in [-0.1, -0.05) is 35.3 Å². The first kappa shape index (κ1) is 15.3. The van der Waals surface area contributed by atoms with E-state index >= 15 is 0 Å². The van der Waals surface area contributed by atoms with Crippen LogP contribution in [0, 0.1) is 10.1 Å². The first-order valence-electron chi connectivity index (χ1n) is 5.94. The highest BCUT2D eigenvalue weighted by Crippen LogP contribution is 2.22. The summed E-state index contributed by atoms with van der Waals surface area (Å²) in [6.07, 6.45) is 0. The molecule has 2 rings (SSSR count). The number of halogens is 2.